The van der Waals surface area contributed by atoms with Crippen LogP contribution in [0.4, 0.5) is 4.39 Å². The Morgan fingerprint density at radius 2 is 1.62 bits per heavy atom. The molecule has 1 heterocycles. The van der Waals surface area contributed by atoms with Crippen LogP contribution in [0.1, 0.15) is 15.9 Å². The third-order valence-electron chi connectivity index (χ3n) is 3.24. The van der Waals surface area contributed by atoms with Gasteiger partial charge in [0.15, 0.2) is 6.29 Å². The summed E-state index contributed by atoms with van der Waals surface area (Å²) in [5.41, 5.74) is 1.55. The normalized spacial score (nSPS) is 9.79. The molecule has 0 radical (unpaired) electrons. The van der Waals surface area contributed by atoms with Crippen molar-refractivity contribution >= 4 is 28.9 Å². The van der Waals surface area contributed by atoms with E-state index in [4.69, 9.17) is 0 Å². The van der Waals surface area contributed by atoms with Crippen molar-refractivity contribution in [2.45, 2.75) is 6.92 Å². The maximum atomic E-state index is 12.8. The van der Waals surface area contributed by atoms with Gasteiger partial charge in [0.2, 0.25) is 0 Å². The average Bonchev–Trinajstić information content (AvgIpc) is 2.58. The zero-order valence-electron chi connectivity index (χ0n) is 12.9. The summed E-state index contributed by atoms with van der Waals surface area (Å²) in [7, 11) is 0. The van der Waals surface area contributed by atoms with Crippen LogP contribution in [-0.4, -0.2) is 10.9 Å². The van der Waals surface area contributed by atoms with E-state index in [0.29, 0.717) is 15.5 Å². The Balaban J connectivity index is 0.000000249. The summed E-state index contributed by atoms with van der Waals surface area (Å²) >= 11 is 1.92. The molecule has 0 fully saturated rings. The van der Waals surface area contributed by atoms with E-state index in [0.717, 1.165) is 0 Å². The quantitative estimate of drug-likeness (QED) is 0.443. The van der Waals surface area contributed by atoms with Crippen LogP contribution in [0.5, 0.6) is 0 Å². The molecular formula is C19H15FINO2. The van der Waals surface area contributed by atoms with Crippen molar-refractivity contribution in [1.82, 2.24) is 4.57 Å². The molecule has 0 saturated carbocycles. The highest BCUT2D eigenvalue weighted by Gasteiger charge is 2.08. The first-order valence-corrected chi connectivity index (χ1v) is 8.24. The Hall–Kier alpha value is -2.28. The van der Waals surface area contributed by atoms with Crippen molar-refractivity contribution in [3.8, 4) is 5.69 Å². The summed E-state index contributed by atoms with van der Waals surface area (Å²) in [4.78, 5) is 22.7. The number of carbonyl (C=O) groups is 1. The van der Waals surface area contributed by atoms with Crippen molar-refractivity contribution in [3.05, 3.63) is 97.7 Å². The van der Waals surface area contributed by atoms with E-state index in [-0.39, 0.29) is 11.4 Å². The van der Waals surface area contributed by atoms with Crippen molar-refractivity contribution in [2.24, 2.45) is 0 Å². The first kappa shape index (κ1) is 18.1. The van der Waals surface area contributed by atoms with Gasteiger partial charge in [0, 0.05) is 15.5 Å². The number of aryl methyl sites for hydroxylation is 1. The second-order valence-electron chi connectivity index (χ2n) is 5.00. The van der Waals surface area contributed by atoms with E-state index in [9.17, 15) is 14.0 Å². The van der Waals surface area contributed by atoms with Crippen LogP contribution in [0.15, 0.2) is 71.7 Å². The van der Waals surface area contributed by atoms with E-state index in [1.54, 1.807) is 12.3 Å². The van der Waals surface area contributed by atoms with Crippen molar-refractivity contribution in [2.75, 3.05) is 0 Å². The number of aldehydes is 1. The number of benzene rings is 2. The van der Waals surface area contributed by atoms with E-state index < -0.39 is 5.56 Å². The maximum Gasteiger partial charge on any atom is 0.266 e. The van der Waals surface area contributed by atoms with E-state index in [1.165, 1.54) is 34.4 Å². The van der Waals surface area contributed by atoms with Gasteiger partial charge in [-0.25, -0.2) is 4.39 Å². The van der Waals surface area contributed by atoms with Crippen LogP contribution in [0.3, 0.4) is 0 Å². The van der Waals surface area contributed by atoms with E-state index in [2.05, 4.69) is 19.1 Å². The summed E-state index contributed by atoms with van der Waals surface area (Å²) in [6, 6.07) is 17.4. The van der Waals surface area contributed by atoms with Crippen LogP contribution < -0.4 is 5.56 Å². The Kier molecular flexibility index (Phi) is 6.43. The number of hydrogen-bond donors (Lipinski definition) is 0. The van der Waals surface area contributed by atoms with Gasteiger partial charge in [0.05, 0.1) is 5.56 Å². The van der Waals surface area contributed by atoms with Gasteiger partial charge in [-0.2, -0.15) is 0 Å². The highest BCUT2D eigenvalue weighted by Crippen LogP contribution is 2.10. The molecule has 0 aliphatic carbocycles. The van der Waals surface area contributed by atoms with Gasteiger partial charge in [-0.3, -0.25) is 14.2 Å². The highest BCUT2D eigenvalue weighted by atomic mass is 127. The average molecular weight is 435 g/mol. The van der Waals surface area contributed by atoms with Crippen molar-refractivity contribution in [1.29, 1.82) is 0 Å². The molecule has 122 valence electrons. The number of pyridine rings is 1. The zero-order chi connectivity index (χ0) is 17.5. The fourth-order valence-corrected chi connectivity index (χ4v) is 2.49. The largest absolute Gasteiger partial charge is 0.298 e. The fraction of sp³-hybridized carbons (Fsp3) is 0.0526. The van der Waals surface area contributed by atoms with Gasteiger partial charge in [0.1, 0.15) is 5.82 Å². The van der Waals surface area contributed by atoms with Crippen molar-refractivity contribution < 1.29 is 9.18 Å². The van der Waals surface area contributed by atoms with Crippen LogP contribution in [0, 0.1) is 16.3 Å². The highest BCUT2D eigenvalue weighted by molar-refractivity contribution is 14.1. The lowest BCUT2D eigenvalue weighted by atomic mass is 10.2. The number of carbonyl (C=O) groups excluding carboxylic acids is 1. The molecule has 0 aliphatic rings. The first-order chi connectivity index (χ1) is 11.5. The molecule has 0 amide bonds. The van der Waals surface area contributed by atoms with E-state index >= 15 is 0 Å². The lowest BCUT2D eigenvalue weighted by molar-refractivity contribution is 0.112. The molecule has 5 heteroatoms. The molecule has 0 unspecified atom stereocenters. The second-order valence-corrected chi connectivity index (χ2v) is 6.16. The summed E-state index contributed by atoms with van der Waals surface area (Å²) in [6.07, 6.45) is 2.09. The van der Waals surface area contributed by atoms with Crippen LogP contribution in [0.2, 0.25) is 0 Å². The Bertz CT molecular complexity index is 874. The van der Waals surface area contributed by atoms with Gasteiger partial charge >= 0.3 is 0 Å². The molecule has 0 spiro atoms. The SMILES string of the molecule is Cc1ccccc1.O=Cc1c(I)ccn(-c2ccc(F)cc2)c1=O. The second kappa shape index (κ2) is 8.54. The van der Waals surface area contributed by atoms with Gasteiger partial charge in [0.25, 0.3) is 5.56 Å². The molecule has 3 aromatic rings. The van der Waals surface area contributed by atoms with E-state index in [1.807, 2.05) is 40.8 Å². The number of hydrogen-bond acceptors (Lipinski definition) is 2. The minimum atomic E-state index is -0.404. The number of halogens is 2. The summed E-state index contributed by atoms with van der Waals surface area (Å²) in [5.74, 6) is -0.372. The standard InChI is InChI=1S/C12H7FINO2.C7H8/c13-8-1-3-9(4-2-8)15-6-5-11(14)10(7-16)12(15)17;1-7-5-3-2-4-6-7/h1-7H;2-6H,1H3. The molecule has 0 aliphatic heterocycles. The number of aromatic nitrogens is 1. The molecule has 24 heavy (non-hydrogen) atoms. The van der Waals surface area contributed by atoms with Gasteiger partial charge in [-0.05, 0) is 59.8 Å². The fourth-order valence-electron chi connectivity index (χ4n) is 1.98. The minimum Gasteiger partial charge on any atom is -0.298 e. The topological polar surface area (TPSA) is 39.1 Å². The molecule has 3 nitrogen and oxygen atoms in total. The van der Waals surface area contributed by atoms with Crippen LogP contribution >= 0.6 is 22.6 Å². The first-order valence-electron chi connectivity index (χ1n) is 7.17. The van der Waals surface area contributed by atoms with Crippen LogP contribution in [0.25, 0.3) is 5.69 Å². The summed E-state index contributed by atoms with van der Waals surface area (Å²) in [5, 5.41) is 0. The molecule has 2 aromatic carbocycles. The molecule has 0 atom stereocenters. The molecule has 1 aromatic heterocycles. The predicted molar refractivity (Wildman–Crippen MR) is 101 cm³/mol. The smallest absolute Gasteiger partial charge is 0.266 e. The van der Waals surface area contributed by atoms with Gasteiger partial charge < -0.3 is 0 Å². The summed E-state index contributed by atoms with van der Waals surface area (Å²) in [6.45, 7) is 2.08. The molecule has 0 N–H and O–H groups in total. The third-order valence-corrected chi connectivity index (χ3v) is 4.18. The number of nitrogens with zero attached hydrogens (tertiary/aromatic N) is 1. The third kappa shape index (κ3) is 4.61. The predicted octanol–water partition coefficient (Wildman–Crippen LogP) is 4.39. The number of rotatable bonds is 2. The minimum absolute atomic E-state index is 0.109. The molecular weight excluding hydrogens is 420 g/mol. The lowest BCUT2D eigenvalue weighted by Crippen LogP contribution is -2.22. The Morgan fingerprint density at radius 1 is 1.00 bits per heavy atom. The monoisotopic (exact) mass is 435 g/mol. The molecule has 0 saturated heterocycles. The Labute approximate surface area is 152 Å². The molecule has 3 rings (SSSR count). The van der Waals surface area contributed by atoms with Gasteiger partial charge in [-0.15, -0.1) is 0 Å². The molecule has 0 bridgehead atoms. The lowest BCUT2D eigenvalue weighted by Gasteiger charge is -2.06. The van der Waals surface area contributed by atoms with Crippen molar-refractivity contribution in [3.63, 3.8) is 0 Å². The maximum absolute atomic E-state index is 12.8. The zero-order valence-corrected chi connectivity index (χ0v) is 15.1. The summed E-state index contributed by atoms with van der Waals surface area (Å²) < 4.78 is 14.7. The van der Waals surface area contributed by atoms with Gasteiger partial charge in [-0.1, -0.05) is 35.9 Å². The Morgan fingerprint density at radius 3 is 2.12 bits per heavy atom. The van der Waals surface area contributed by atoms with Crippen LogP contribution in [-0.2, 0) is 0 Å².